The number of amides is 2. The molecule has 0 radical (unpaired) electrons. The summed E-state index contributed by atoms with van der Waals surface area (Å²) in [6.07, 6.45) is 0. The van der Waals surface area contributed by atoms with Crippen molar-refractivity contribution in [1.82, 2.24) is 14.9 Å². The maximum atomic E-state index is 14.1. The molecule has 1 atom stereocenters. The van der Waals surface area contributed by atoms with Crippen LogP contribution < -0.4 is 19.5 Å². The Bertz CT molecular complexity index is 1550. The zero-order valence-electron chi connectivity index (χ0n) is 24.6. The fourth-order valence-corrected chi connectivity index (χ4v) is 5.27. The first-order valence-corrected chi connectivity index (χ1v) is 14.3. The first-order valence-electron chi connectivity index (χ1n) is 13.4. The zero-order valence-corrected chi connectivity index (χ0v) is 25.4. The van der Waals surface area contributed by atoms with Crippen LogP contribution in [0, 0.1) is 19.7 Å². The molecule has 1 heterocycles. The van der Waals surface area contributed by atoms with Gasteiger partial charge in [-0.3, -0.25) is 9.59 Å². The van der Waals surface area contributed by atoms with Crippen LogP contribution in [0.2, 0.25) is 0 Å². The van der Waals surface area contributed by atoms with Gasteiger partial charge in [0, 0.05) is 24.0 Å². The van der Waals surface area contributed by atoms with Crippen molar-refractivity contribution in [3.8, 4) is 17.2 Å². The first kappa shape index (κ1) is 31.3. The van der Waals surface area contributed by atoms with E-state index >= 15 is 0 Å². The number of thioether (sulfide) groups is 1. The summed E-state index contributed by atoms with van der Waals surface area (Å²) in [6.45, 7) is 3.76. The average molecular weight is 605 g/mol. The van der Waals surface area contributed by atoms with E-state index < -0.39 is 17.8 Å². The van der Waals surface area contributed by atoms with Gasteiger partial charge in [0.2, 0.25) is 5.91 Å². The summed E-state index contributed by atoms with van der Waals surface area (Å²) >= 11 is 1.18. The lowest BCUT2D eigenvalue weighted by molar-refractivity contribution is -0.137. The number of benzene rings is 3. The van der Waals surface area contributed by atoms with E-state index in [1.165, 1.54) is 43.0 Å². The van der Waals surface area contributed by atoms with E-state index in [9.17, 15) is 14.0 Å². The lowest BCUT2D eigenvalue weighted by Crippen LogP contribution is -2.41. The van der Waals surface area contributed by atoms with Gasteiger partial charge in [-0.15, -0.1) is 0 Å². The van der Waals surface area contributed by atoms with Crippen LogP contribution in [-0.2, 0) is 16.1 Å². The van der Waals surface area contributed by atoms with Gasteiger partial charge in [0.05, 0.1) is 32.8 Å². The minimum Gasteiger partial charge on any atom is -0.497 e. The molecule has 9 nitrogen and oxygen atoms in total. The minimum absolute atomic E-state index is 0.0319. The van der Waals surface area contributed by atoms with Crippen LogP contribution in [0.1, 0.15) is 28.6 Å². The molecule has 0 fully saturated rings. The highest BCUT2D eigenvalue weighted by atomic mass is 32.2. The molecule has 4 aromatic rings. The number of aryl methyl sites for hydroxylation is 2. The number of hydrogen-bond donors (Lipinski definition) is 1. The highest BCUT2D eigenvalue weighted by molar-refractivity contribution is 7.99. The third kappa shape index (κ3) is 8.23. The number of aromatic nitrogens is 2. The molecule has 224 valence electrons. The third-order valence-electron chi connectivity index (χ3n) is 6.53. The maximum Gasteiger partial charge on any atom is 0.251 e. The largest absolute Gasteiger partial charge is 0.497 e. The molecule has 0 saturated heterocycles. The Morgan fingerprint density at radius 1 is 0.860 bits per heavy atom. The van der Waals surface area contributed by atoms with Crippen LogP contribution in [-0.4, -0.2) is 53.8 Å². The molecule has 0 aliphatic rings. The van der Waals surface area contributed by atoms with Gasteiger partial charge >= 0.3 is 0 Å². The van der Waals surface area contributed by atoms with E-state index in [0.717, 1.165) is 11.4 Å². The molecule has 0 unspecified atom stereocenters. The van der Waals surface area contributed by atoms with Crippen LogP contribution in [0.5, 0.6) is 17.2 Å². The van der Waals surface area contributed by atoms with Crippen LogP contribution in [0.25, 0.3) is 0 Å². The van der Waals surface area contributed by atoms with Gasteiger partial charge < -0.3 is 24.4 Å². The van der Waals surface area contributed by atoms with Crippen molar-refractivity contribution >= 4 is 29.3 Å². The minimum atomic E-state index is -1.07. The van der Waals surface area contributed by atoms with Crippen molar-refractivity contribution in [1.29, 1.82) is 0 Å². The summed E-state index contributed by atoms with van der Waals surface area (Å²) in [7, 11) is 4.57. The maximum absolute atomic E-state index is 14.1. The van der Waals surface area contributed by atoms with Crippen LogP contribution in [0.15, 0.2) is 78.0 Å². The number of rotatable bonds is 12. The molecular weight excluding hydrogens is 571 g/mol. The molecule has 0 saturated carbocycles. The second kappa shape index (κ2) is 14.5. The second-order valence-electron chi connectivity index (χ2n) is 9.60. The molecule has 1 N–H and O–H groups in total. The standard InChI is InChI=1S/C32H33FN4O5S/c1-20-16-21(2)35-32(34-20)43-19-29(38)37(18-22-6-10-24(33)11-7-22)30(23-8-12-25(40-3)13-9-23)31(39)36-27-15-14-26(41-4)17-28(27)42-5/h6-17,30H,18-19H2,1-5H3,(H,36,39)/t30-/m1/s1. The Balaban J connectivity index is 1.74. The van der Waals surface area contributed by atoms with Crippen molar-refractivity contribution in [3.63, 3.8) is 0 Å². The van der Waals surface area contributed by atoms with Gasteiger partial charge in [0.1, 0.15) is 29.1 Å². The lowest BCUT2D eigenvalue weighted by Gasteiger charge is -2.32. The Morgan fingerprint density at radius 3 is 2.09 bits per heavy atom. The number of halogens is 1. The Labute approximate surface area is 254 Å². The second-order valence-corrected chi connectivity index (χ2v) is 10.5. The smallest absolute Gasteiger partial charge is 0.251 e. The average Bonchev–Trinajstić information content (AvgIpc) is 3.00. The molecule has 0 aliphatic heterocycles. The van der Waals surface area contributed by atoms with Gasteiger partial charge in [-0.1, -0.05) is 36.0 Å². The number of nitrogens with one attached hydrogen (secondary N) is 1. The monoisotopic (exact) mass is 604 g/mol. The predicted octanol–water partition coefficient (Wildman–Crippen LogP) is 5.76. The van der Waals surface area contributed by atoms with Crippen molar-refractivity contribution in [2.75, 3.05) is 32.4 Å². The Hall–Kier alpha value is -4.64. The van der Waals surface area contributed by atoms with Gasteiger partial charge in [0.15, 0.2) is 5.16 Å². The Kier molecular flexibility index (Phi) is 10.6. The van der Waals surface area contributed by atoms with Gasteiger partial charge in [-0.25, -0.2) is 14.4 Å². The molecule has 4 rings (SSSR count). The van der Waals surface area contributed by atoms with E-state index in [2.05, 4.69) is 15.3 Å². The van der Waals surface area contributed by atoms with Crippen molar-refractivity contribution in [2.45, 2.75) is 31.6 Å². The molecule has 0 bridgehead atoms. The molecule has 0 aliphatic carbocycles. The van der Waals surface area contributed by atoms with Gasteiger partial charge in [-0.2, -0.15) is 0 Å². The van der Waals surface area contributed by atoms with E-state index in [1.54, 1.807) is 61.7 Å². The van der Waals surface area contributed by atoms with Crippen LogP contribution in [0.3, 0.4) is 0 Å². The summed E-state index contributed by atoms with van der Waals surface area (Å²) in [4.78, 5) is 38.4. The van der Waals surface area contributed by atoms with E-state index in [1.807, 2.05) is 19.9 Å². The normalized spacial score (nSPS) is 11.4. The molecule has 43 heavy (non-hydrogen) atoms. The zero-order chi connectivity index (χ0) is 30.9. The van der Waals surface area contributed by atoms with Crippen molar-refractivity contribution < 1.29 is 28.2 Å². The number of anilines is 1. The lowest BCUT2D eigenvalue weighted by atomic mass is 10.0. The van der Waals surface area contributed by atoms with Gasteiger partial charge in [0.25, 0.3) is 5.91 Å². The molecule has 0 spiro atoms. The molecular formula is C32H33FN4O5S. The van der Waals surface area contributed by atoms with Crippen LogP contribution in [0.4, 0.5) is 10.1 Å². The topological polar surface area (TPSA) is 103 Å². The molecule has 1 aromatic heterocycles. The highest BCUT2D eigenvalue weighted by Gasteiger charge is 2.32. The number of methoxy groups -OCH3 is 3. The van der Waals surface area contributed by atoms with E-state index in [0.29, 0.717) is 39.2 Å². The Morgan fingerprint density at radius 2 is 1.49 bits per heavy atom. The fraction of sp³-hybridized carbons (Fsp3) is 0.250. The summed E-state index contributed by atoms with van der Waals surface area (Å²) < 4.78 is 29.8. The van der Waals surface area contributed by atoms with Crippen molar-refractivity contribution in [2.24, 2.45) is 0 Å². The summed E-state index contributed by atoms with van der Waals surface area (Å²) in [5, 5.41) is 3.38. The number of ether oxygens (including phenoxy) is 3. The van der Waals surface area contributed by atoms with E-state index in [-0.39, 0.29) is 18.2 Å². The number of nitrogens with zero attached hydrogens (tertiary/aromatic N) is 3. The molecule has 11 heteroatoms. The van der Waals surface area contributed by atoms with E-state index in [4.69, 9.17) is 14.2 Å². The van der Waals surface area contributed by atoms with Gasteiger partial charge in [-0.05, 0) is 67.4 Å². The SMILES string of the molecule is COc1ccc([C@H](C(=O)Nc2ccc(OC)cc2OC)N(Cc2ccc(F)cc2)C(=O)CSc2nc(C)cc(C)n2)cc1. The fourth-order valence-electron chi connectivity index (χ4n) is 4.44. The number of carbonyl (C=O) groups is 2. The third-order valence-corrected chi connectivity index (χ3v) is 7.36. The summed E-state index contributed by atoms with van der Waals surface area (Å²) in [5.41, 5.74) is 3.17. The summed E-state index contributed by atoms with van der Waals surface area (Å²) in [5.74, 6) is 0.293. The van der Waals surface area contributed by atoms with Crippen molar-refractivity contribution in [3.05, 3.63) is 101 Å². The summed E-state index contributed by atoms with van der Waals surface area (Å²) in [6, 6.07) is 18.5. The first-order chi connectivity index (χ1) is 20.7. The predicted molar refractivity (Wildman–Crippen MR) is 163 cm³/mol. The quantitative estimate of drug-likeness (QED) is 0.161. The molecule has 2 amide bonds. The highest BCUT2D eigenvalue weighted by Crippen LogP contribution is 2.33. The number of hydrogen-bond acceptors (Lipinski definition) is 8. The molecule has 3 aromatic carbocycles. The number of carbonyl (C=O) groups excluding carboxylic acids is 2. The van der Waals surface area contributed by atoms with Crippen LogP contribution >= 0.6 is 11.8 Å².